The van der Waals surface area contributed by atoms with Gasteiger partial charge in [-0.2, -0.15) is 11.8 Å². The quantitative estimate of drug-likeness (QED) is 0.505. The fraction of sp³-hybridized carbons (Fsp3) is 0.480. The normalized spacial score (nSPS) is 27.6. The van der Waals surface area contributed by atoms with Crippen LogP contribution in [0.25, 0.3) is 0 Å². The molecule has 4 atom stereocenters. The summed E-state index contributed by atoms with van der Waals surface area (Å²) in [6, 6.07) is 7.76. The van der Waals surface area contributed by atoms with E-state index in [1.54, 1.807) is 11.8 Å². The number of carbonyl (C=O) groups is 1. The van der Waals surface area contributed by atoms with Crippen LogP contribution in [0.2, 0.25) is 5.02 Å². The molecule has 1 amide bonds. The van der Waals surface area contributed by atoms with Crippen molar-refractivity contribution in [3.8, 4) is 5.75 Å². The van der Waals surface area contributed by atoms with Crippen LogP contribution in [0.3, 0.4) is 0 Å². The zero-order valence-electron chi connectivity index (χ0n) is 19.3. The van der Waals surface area contributed by atoms with E-state index in [1.807, 2.05) is 0 Å². The zero-order chi connectivity index (χ0) is 25.5. The Morgan fingerprint density at radius 2 is 1.89 bits per heavy atom. The Labute approximate surface area is 218 Å². The summed E-state index contributed by atoms with van der Waals surface area (Å²) >= 11 is 7.64. The molecule has 0 aliphatic carbocycles. The number of hydrogen-bond donors (Lipinski definition) is 1. The standard InChI is InChI=1S/C25H26ClF2NO5S2/c26-15-1-4-17(5-2-15)36(31,32)25-10-11-33-21(9-12-35-14-16-3-8-22(30)29-16)18(25)13-34-24-20(28)7-6-19(27)23(24)25/h1-2,4-7,16,18,21H,3,8-14H2,(H,29,30)/t16-,18-,21-,25-/m0/s1. The molecule has 194 valence electrons. The number of benzene rings is 2. The predicted molar refractivity (Wildman–Crippen MR) is 133 cm³/mol. The highest BCUT2D eigenvalue weighted by atomic mass is 35.5. The average Bonchev–Trinajstić information content (AvgIpc) is 3.28. The number of halogens is 3. The van der Waals surface area contributed by atoms with Gasteiger partial charge in [-0.3, -0.25) is 4.79 Å². The number of fused-ring (bicyclic) bond motifs is 3. The first kappa shape index (κ1) is 25.8. The average molecular weight is 558 g/mol. The summed E-state index contributed by atoms with van der Waals surface area (Å²) in [6.07, 6.45) is 1.26. The molecule has 1 N–H and O–H groups in total. The van der Waals surface area contributed by atoms with E-state index < -0.39 is 38.2 Å². The maximum atomic E-state index is 15.4. The molecule has 3 aliphatic rings. The smallest absolute Gasteiger partial charge is 0.220 e. The van der Waals surface area contributed by atoms with Gasteiger partial charge < -0.3 is 14.8 Å². The Bertz CT molecular complexity index is 1260. The molecule has 0 saturated carbocycles. The van der Waals surface area contributed by atoms with Gasteiger partial charge in [0.15, 0.2) is 21.4 Å². The van der Waals surface area contributed by atoms with Crippen LogP contribution in [0.4, 0.5) is 8.78 Å². The lowest BCUT2D eigenvalue weighted by atomic mass is 9.75. The summed E-state index contributed by atoms with van der Waals surface area (Å²) in [5.41, 5.74) is -0.261. The molecule has 0 spiro atoms. The molecule has 3 aliphatic heterocycles. The molecule has 2 saturated heterocycles. The molecule has 2 aromatic rings. The third-order valence-corrected chi connectivity index (χ3v) is 11.3. The van der Waals surface area contributed by atoms with Crippen molar-refractivity contribution in [2.45, 2.75) is 47.5 Å². The van der Waals surface area contributed by atoms with Crippen molar-refractivity contribution in [1.29, 1.82) is 0 Å². The van der Waals surface area contributed by atoms with Crippen LogP contribution in [0.15, 0.2) is 41.3 Å². The minimum absolute atomic E-state index is 0.0135. The van der Waals surface area contributed by atoms with Crippen molar-refractivity contribution in [3.05, 3.63) is 58.6 Å². The van der Waals surface area contributed by atoms with Crippen LogP contribution >= 0.6 is 23.4 Å². The van der Waals surface area contributed by atoms with Crippen LogP contribution in [0.5, 0.6) is 5.75 Å². The first-order chi connectivity index (χ1) is 17.2. The van der Waals surface area contributed by atoms with Crippen LogP contribution in [0, 0.1) is 17.6 Å². The minimum atomic E-state index is -4.22. The van der Waals surface area contributed by atoms with E-state index in [0.717, 1.165) is 24.3 Å². The Kier molecular flexibility index (Phi) is 7.24. The Balaban J connectivity index is 1.49. The van der Waals surface area contributed by atoms with Crippen LogP contribution < -0.4 is 10.1 Å². The summed E-state index contributed by atoms with van der Waals surface area (Å²) < 4.78 is 68.7. The van der Waals surface area contributed by atoms with Crippen molar-refractivity contribution < 1.29 is 31.5 Å². The first-order valence-corrected chi connectivity index (χ1v) is 14.9. The lowest BCUT2D eigenvalue weighted by Gasteiger charge is -2.50. The lowest BCUT2D eigenvalue weighted by molar-refractivity contribution is -0.119. The van der Waals surface area contributed by atoms with Crippen molar-refractivity contribution in [2.24, 2.45) is 5.92 Å². The third-order valence-electron chi connectivity index (χ3n) is 7.30. The molecule has 0 aromatic heterocycles. The molecular formula is C25H26ClF2NO5S2. The first-order valence-electron chi connectivity index (χ1n) is 11.8. The number of ether oxygens (including phenoxy) is 2. The highest BCUT2D eigenvalue weighted by Crippen LogP contribution is 2.56. The minimum Gasteiger partial charge on any atom is -0.490 e. The number of thioether (sulfide) groups is 1. The van der Waals surface area contributed by atoms with Gasteiger partial charge in [-0.1, -0.05) is 11.6 Å². The van der Waals surface area contributed by atoms with E-state index >= 15 is 4.39 Å². The molecule has 2 fully saturated rings. The van der Waals surface area contributed by atoms with Gasteiger partial charge in [0.25, 0.3) is 0 Å². The number of nitrogens with one attached hydrogen (secondary N) is 1. The number of sulfone groups is 1. The summed E-state index contributed by atoms with van der Waals surface area (Å²) in [4.78, 5) is 11.4. The van der Waals surface area contributed by atoms with Crippen LogP contribution in [0.1, 0.15) is 31.2 Å². The fourth-order valence-corrected chi connectivity index (χ4v) is 9.13. The summed E-state index contributed by atoms with van der Waals surface area (Å²) in [7, 11) is -4.22. The summed E-state index contributed by atoms with van der Waals surface area (Å²) in [5.74, 6) is -1.26. The monoisotopic (exact) mass is 557 g/mol. The zero-order valence-corrected chi connectivity index (χ0v) is 21.7. The second kappa shape index (κ2) is 10.1. The van der Waals surface area contributed by atoms with E-state index in [0.29, 0.717) is 23.6 Å². The van der Waals surface area contributed by atoms with E-state index in [-0.39, 0.29) is 47.8 Å². The Morgan fingerprint density at radius 3 is 2.61 bits per heavy atom. The van der Waals surface area contributed by atoms with Gasteiger partial charge in [0.05, 0.1) is 23.2 Å². The van der Waals surface area contributed by atoms with Gasteiger partial charge in [-0.25, -0.2) is 17.2 Å². The predicted octanol–water partition coefficient (Wildman–Crippen LogP) is 4.49. The summed E-state index contributed by atoms with van der Waals surface area (Å²) in [6.45, 7) is -0.0407. The lowest BCUT2D eigenvalue weighted by Crippen LogP contribution is -2.57. The fourth-order valence-electron chi connectivity index (χ4n) is 5.56. The second-order valence-electron chi connectivity index (χ2n) is 9.32. The van der Waals surface area contributed by atoms with Gasteiger partial charge >= 0.3 is 0 Å². The van der Waals surface area contributed by atoms with Crippen molar-refractivity contribution in [1.82, 2.24) is 5.32 Å². The number of rotatable bonds is 7. The number of hydrogen-bond acceptors (Lipinski definition) is 6. The Morgan fingerprint density at radius 1 is 1.14 bits per heavy atom. The molecule has 0 bridgehead atoms. The number of carbonyl (C=O) groups excluding carboxylic acids is 1. The van der Waals surface area contributed by atoms with E-state index in [4.69, 9.17) is 21.1 Å². The summed E-state index contributed by atoms with van der Waals surface area (Å²) in [5, 5.41) is 3.30. The van der Waals surface area contributed by atoms with Gasteiger partial charge in [-0.15, -0.1) is 0 Å². The topological polar surface area (TPSA) is 81.7 Å². The molecule has 0 radical (unpaired) electrons. The van der Waals surface area contributed by atoms with Crippen LogP contribution in [-0.2, 0) is 24.1 Å². The molecule has 11 heteroatoms. The molecule has 2 aromatic carbocycles. The van der Waals surface area contributed by atoms with Crippen molar-refractivity contribution in [2.75, 3.05) is 24.7 Å². The van der Waals surface area contributed by atoms with Gasteiger partial charge in [0, 0.05) is 35.8 Å². The van der Waals surface area contributed by atoms with E-state index in [9.17, 15) is 17.6 Å². The highest BCUT2D eigenvalue weighted by molar-refractivity contribution is 7.99. The molecule has 36 heavy (non-hydrogen) atoms. The maximum Gasteiger partial charge on any atom is 0.220 e. The molecular weight excluding hydrogens is 532 g/mol. The molecule has 3 heterocycles. The number of amides is 1. The van der Waals surface area contributed by atoms with E-state index in [1.165, 1.54) is 24.3 Å². The largest absolute Gasteiger partial charge is 0.490 e. The maximum absolute atomic E-state index is 15.4. The molecule has 0 unspecified atom stereocenters. The SMILES string of the molecule is O=C1CC[C@@H](CSCC[C@@H]2OCC[C@@]3(S(=O)(=O)c4ccc(Cl)cc4)c4c(F)ccc(F)c4OC[C@@H]23)N1. The highest BCUT2D eigenvalue weighted by Gasteiger charge is 2.61. The third kappa shape index (κ3) is 4.40. The van der Waals surface area contributed by atoms with Gasteiger partial charge in [0.2, 0.25) is 5.91 Å². The van der Waals surface area contributed by atoms with E-state index in [2.05, 4.69) is 5.32 Å². The van der Waals surface area contributed by atoms with Crippen molar-refractivity contribution >= 4 is 39.1 Å². The van der Waals surface area contributed by atoms with Crippen molar-refractivity contribution in [3.63, 3.8) is 0 Å². The van der Waals surface area contributed by atoms with Crippen LogP contribution in [-0.4, -0.2) is 51.2 Å². The van der Waals surface area contributed by atoms with Gasteiger partial charge in [0.1, 0.15) is 10.6 Å². The Hall–Kier alpha value is -1.88. The van der Waals surface area contributed by atoms with Gasteiger partial charge in [-0.05, 0) is 61.4 Å². The molecule has 5 rings (SSSR count). The molecule has 6 nitrogen and oxygen atoms in total. The second-order valence-corrected chi connectivity index (χ2v) is 13.1.